The highest BCUT2D eigenvalue weighted by Gasteiger charge is 2.42. The van der Waals surface area contributed by atoms with Crippen LogP contribution >= 0.6 is 0 Å². The van der Waals surface area contributed by atoms with E-state index in [1.165, 1.54) is 0 Å². The average molecular weight is 304 g/mol. The van der Waals surface area contributed by atoms with E-state index in [2.05, 4.69) is 15.3 Å². The standard InChI is InChI=1S/C16H24N4O2/c1-17-11-15(21)20-6-2-16(3-7-20)9-14(22-12-16)8-13-10-18-4-5-19-13/h4-5,10,14,17H,2-3,6-9,11-12H2,1H3/t14-/m1/s1. The SMILES string of the molecule is CNCC(=O)N1CCC2(CC1)CO[C@H](Cc1cnccn1)C2. The largest absolute Gasteiger partial charge is 0.377 e. The molecule has 2 aliphatic rings. The van der Waals surface area contributed by atoms with Crippen molar-refractivity contribution in [2.45, 2.75) is 31.8 Å². The zero-order valence-electron chi connectivity index (χ0n) is 13.1. The number of hydrogen-bond acceptors (Lipinski definition) is 5. The molecule has 2 saturated heterocycles. The monoisotopic (exact) mass is 304 g/mol. The lowest BCUT2D eigenvalue weighted by Crippen LogP contribution is -2.46. The van der Waals surface area contributed by atoms with Gasteiger partial charge in [0.25, 0.3) is 0 Å². The Morgan fingerprint density at radius 2 is 2.27 bits per heavy atom. The topological polar surface area (TPSA) is 67.4 Å². The predicted octanol–water partition coefficient (Wildman–Crippen LogP) is 0.636. The molecule has 1 N–H and O–H groups in total. The first-order valence-corrected chi connectivity index (χ1v) is 8.00. The second kappa shape index (κ2) is 6.71. The van der Waals surface area contributed by atoms with E-state index in [-0.39, 0.29) is 17.4 Å². The Labute approximate surface area is 131 Å². The fourth-order valence-electron chi connectivity index (χ4n) is 3.54. The van der Waals surface area contributed by atoms with Gasteiger partial charge in [-0.1, -0.05) is 0 Å². The molecule has 6 nitrogen and oxygen atoms in total. The normalized spacial score (nSPS) is 23.9. The molecule has 0 radical (unpaired) electrons. The zero-order valence-corrected chi connectivity index (χ0v) is 13.1. The summed E-state index contributed by atoms with van der Waals surface area (Å²) in [7, 11) is 1.81. The van der Waals surface area contributed by atoms with E-state index >= 15 is 0 Å². The van der Waals surface area contributed by atoms with Crippen LogP contribution in [0.15, 0.2) is 18.6 Å². The molecule has 1 amide bonds. The van der Waals surface area contributed by atoms with E-state index < -0.39 is 0 Å². The maximum absolute atomic E-state index is 11.9. The summed E-state index contributed by atoms with van der Waals surface area (Å²) in [5.74, 6) is 0.201. The van der Waals surface area contributed by atoms with E-state index in [0.29, 0.717) is 6.54 Å². The third-order valence-corrected chi connectivity index (χ3v) is 4.84. The van der Waals surface area contributed by atoms with E-state index in [0.717, 1.165) is 51.1 Å². The third-order valence-electron chi connectivity index (χ3n) is 4.84. The molecule has 3 rings (SSSR count). The maximum atomic E-state index is 11.9. The first-order valence-electron chi connectivity index (χ1n) is 8.00. The number of nitrogens with zero attached hydrogens (tertiary/aromatic N) is 3. The molecule has 0 saturated carbocycles. The fourth-order valence-corrected chi connectivity index (χ4v) is 3.54. The van der Waals surface area contributed by atoms with Crippen LogP contribution in [-0.4, -0.2) is 60.2 Å². The number of likely N-dealkylation sites (tertiary alicyclic amines) is 1. The van der Waals surface area contributed by atoms with Crippen LogP contribution in [0.3, 0.4) is 0 Å². The first kappa shape index (κ1) is 15.4. The van der Waals surface area contributed by atoms with Crippen LogP contribution in [0.4, 0.5) is 0 Å². The van der Waals surface area contributed by atoms with Gasteiger partial charge in [0.05, 0.1) is 24.9 Å². The zero-order chi connectivity index (χ0) is 15.4. The highest BCUT2D eigenvalue weighted by atomic mass is 16.5. The summed E-state index contributed by atoms with van der Waals surface area (Å²) in [6, 6.07) is 0. The van der Waals surface area contributed by atoms with E-state index in [4.69, 9.17) is 4.74 Å². The molecular weight excluding hydrogens is 280 g/mol. The molecule has 3 heterocycles. The van der Waals surface area contributed by atoms with Crippen molar-refractivity contribution in [1.82, 2.24) is 20.2 Å². The third kappa shape index (κ3) is 3.44. The van der Waals surface area contributed by atoms with Gasteiger partial charge in [-0.05, 0) is 31.7 Å². The first-order chi connectivity index (χ1) is 10.7. The van der Waals surface area contributed by atoms with Gasteiger partial charge in [0, 0.05) is 38.1 Å². The summed E-state index contributed by atoms with van der Waals surface area (Å²) < 4.78 is 6.01. The second-order valence-corrected chi connectivity index (χ2v) is 6.45. The highest BCUT2D eigenvalue weighted by molar-refractivity contribution is 5.78. The van der Waals surface area contributed by atoms with E-state index in [9.17, 15) is 4.79 Å². The number of hydrogen-bond donors (Lipinski definition) is 1. The Morgan fingerprint density at radius 1 is 1.45 bits per heavy atom. The van der Waals surface area contributed by atoms with Crippen molar-refractivity contribution in [1.29, 1.82) is 0 Å². The maximum Gasteiger partial charge on any atom is 0.236 e. The lowest BCUT2D eigenvalue weighted by atomic mass is 9.76. The number of carbonyl (C=O) groups is 1. The van der Waals surface area contributed by atoms with Gasteiger partial charge in [0.15, 0.2) is 0 Å². The second-order valence-electron chi connectivity index (χ2n) is 6.45. The minimum absolute atomic E-state index is 0.201. The summed E-state index contributed by atoms with van der Waals surface area (Å²) in [6.45, 7) is 2.94. The van der Waals surface area contributed by atoms with Crippen LogP contribution < -0.4 is 5.32 Å². The smallest absolute Gasteiger partial charge is 0.236 e. The Bertz CT molecular complexity index is 500. The quantitative estimate of drug-likeness (QED) is 0.884. The molecule has 0 aliphatic carbocycles. The van der Waals surface area contributed by atoms with Gasteiger partial charge in [-0.15, -0.1) is 0 Å². The molecule has 1 atom stereocenters. The molecule has 0 aromatic carbocycles. The molecule has 2 fully saturated rings. The van der Waals surface area contributed by atoms with Gasteiger partial charge in [-0.25, -0.2) is 0 Å². The van der Waals surface area contributed by atoms with Gasteiger partial charge in [0.1, 0.15) is 0 Å². The summed E-state index contributed by atoms with van der Waals surface area (Å²) in [5, 5.41) is 2.93. The lowest BCUT2D eigenvalue weighted by Gasteiger charge is -2.38. The highest BCUT2D eigenvalue weighted by Crippen LogP contribution is 2.42. The molecule has 2 aliphatic heterocycles. The average Bonchev–Trinajstić information content (AvgIpc) is 2.92. The Morgan fingerprint density at radius 3 is 2.95 bits per heavy atom. The predicted molar refractivity (Wildman–Crippen MR) is 82.3 cm³/mol. The Kier molecular flexibility index (Phi) is 4.69. The molecule has 22 heavy (non-hydrogen) atoms. The molecule has 0 bridgehead atoms. The number of nitrogens with one attached hydrogen (secondary N) is 1. The van der Waals surface area contributed by atoms with E-state index in [1.54, 1.807) is 12.4 Å². The van der Waals surface area contributed by atoms with Crippen molar-refractivity contribution in [3.63, 3.8) is 0 Å². The molecule has 120 valence electrons. The Hall–Kier alpha value is -1.53. The fraction of sp³-hybridized carbons (Fsp3) is 0.688. The number of amides is 1. The number of rotatable bonds is 4. The molecule has 1 aromatic heterocycles. The lowest BCUT2D eigenvalue weighted by molar-refractivity contribution is -0.132. The van der Waals surface area contributed by atoms with Gasteiger partial charge >= 0.3 is 0 Å². The summed E-state index contributed by atoms with van der Waals surface area (Å²) in [4.78, 5) is 22.3. The molecule has 6 heteroatoms. The van der Waals surface area contributed by atoms with Crippen molar-refractivity contribution in [3.8, 4) is 0 Å². The van der Waals surface area contributed by atoms with Crippen LogP contribution in [0.2, 0.25) is 0 Å². The Balaban J connectivity index is 1.51. The van der Waals surface area contributed by atoms with Crippen LogP contribution in [0, 0.1) is 5.41 Å². The van der Waals surface area contributed by atoms with Crippen molar-refractivity contribution >= 4 is 5.91 Å². The van der Waals surface area contributed by atoms with Crippen molar-refractivity contribution in [2.24, 2.45) is 5.41 Å². The molecule has 1 aromatic rings. The minimum atomic E-state index is 0.201. The van der Waals surface area contributed by atoms with Crippen LogP contribution in [-0.2, 0) is 16.0 Å². The van der Waals surface area contributed by atoms with Gasteiger partial charge in [-0.3, -0.25) is 14.8 Å². The van der Waals surface area contributed by atoms with Gasteiger partial charge < -0.3 is 15.0 Å². The summed E-state index contributed by atoms with van der Waals surface area (Å²) in [6.07, 6.45) is 9.45. The number of carbonyl (C=O) groups excluding carboxylic acids is 1. The van der Waals surface area contributed by atoms with Crippen LogP contribution in [0.25, 0.3) is 0 Å². The van der Waals surface area contributed by atoms with Crippen molar-refractivity contribution in [2.75, 3.05) is 33.3 Å². The number of ether oxygens (including phenoxy) is 1. The van der Waals surface area contributed by atoms with Crippen LogP contribution in [0.1, 0.15) is 25.0 Å². The van der Waals surface area contributed by atoms with Gasteiger partial charge in [0.2, 0.25) is 5.91 Å². The number of aromatic nitrogens is 2. The van der Waals surface area contributed by atoms with Crippen molar-refractivity contribution < 1.29 is 9.53 Å². The molecular formula is C16H24N4O2. The summed E-state index contributed by atoms with van der Waals surface area (Å²) in [5.41, 5.74) is 1.25. The molecule has 1 spiro atoms. The van der Waals surface area contributed by atoms with Crippen molar-refractivity contribution in [3.05, 3.63) is 24.3 Å². The van der Waals surface area contributed by atoms with Crippen LogP contribution in [0.5, 0.6) is 0 Å². The minimum Gasteiger partial charge on any atom is -0.377 e. The van der Waals surface area contributed by atoms with E-state index in [1.807, 2.05) is 18.1 Å². The molecule has 0 unspecified atom stereocenters. The number of piperidine rings is 1. The summed E-state index contributed by atoms with van der Waals surface area (Å²) >= 11 is 0. The van der Waals surface area contributed by atoms with Gasteiger partial charge in [-0.2, -0.15) is 0 Å². The number of likely N-dealkylation sites (N-methyl/N-ethyl adjacent to an activating group) is 1.